The summed E-state index contributed by atoms with van der Waals surface area (Å²) in [5.41, 5.74) is 1.44. The highest BCUT2D eigenvalue weighted by atomic mass is 32.2. The van der Waals surface area contributed by atoms with Gasteiger partial charge in [0, 0.05) is 0 Å². The molecule has 0 amide bonds. The van der Waals surface area contributed by atoms with Crippen LogP contribution < -0.4 is 0 Å². The summed E-state index contributed by atoms with van der Waals surface area (Å²) in [7, 11) is 0. The molecule has 0 unspecified atom stereocenters. The Kier molecular flexibility index (Phi) is 3.10. The number of fused-ring (bicyclic) bond motifs is 1. The van der Waals surface area contributed by atoms with E-state index in [2.05, 4.69) is 48.7 Å². The van der Waals surface area contributed by atoms with Gasteiger partial charge in [-0.05, 0) is 34.8 Å². The molecule has 0 fully saturated rings. The van der Waals surface area contributed by atoms with Gasteiger partial charge >= 0.3 is 0 Å². The molecule has 14 heavy (non-hydrogen) atoms. The van der Waals surface area contributed by atoms with E-state index in [1.165, 1.54) is 28.5 Å². The van der Waals surface area contributed by atoms with Crippen molar-refractivity contribution in [3.05, 3.63) is 48.0 Å². The lowest BCUT2D eigenvalue weighted by molar-refractivity contribution is 1.17. The van der Waals surface area contributed by atoms with Gasteiger partial charge in [-0.25, -0.2) is 0 Å². The number of benzene rings is 2. The fourth-order valence-electron chi connectivity index (χ4n) is 1.61. The Balaban J connectivity index is 2.32. The quantitative estimate of drug-likeness (QED) is 0.730. The van der Waals surface area contributed by atoms with Crippen LogP contribution in [0.4, 0.5) is 0 Å². The molecule has 0 N–H and O–H groups in total. The zero-order valence-electron chi connectivity index (χ0n) is 8.36. The maximum atomic E-state index is 2.30. The van der Waals surface area contributed by atoms with Gasteiger partial charge in [-0.3, -0.25) is 0 Å². The second kappa shape index (κ2) is 4.52. The molecule has 0 radical (unpaired) electrons. The van der Waals surface area contributed by atoms with Gasteiger partial charge in [0.15, 0.2) is 0 Å². The molecular formula is C13H14S. The van der Waals surface area contributed by atoms with Gasteiger partial charge in [0.2, 0.25) is 0 Å². The topological polar surface area (TPSA) is 0 Å². The molecule has 0 bridgehead atoms. The van der Waals surface area contributed by atoms with Gasteiger partial charge in [-0.15, -0.1) is 0 Å². The largest absolute Gasteiger partial charge is 0.165 e. The summed E-state index contributed by atoms with van der Waals surface area (Å²) in [5.74, 6) is 1.21. The number of hydrogen-bond donors (Lipinski definition) is 0. The first-order chi connectivity index (χ1) is 6.90. The van der Waals surface area contributed by atoms with E-state index in [0.29, 0.717) is 0 Å². The van der Waals surface area contributed by atoms with Gasteiger partial charge in [0.25, 0.3) is 0 Å². The Morgan fingerprint density at radius 3 is 2.57 bits per heavy atom. The van der Waals surface area contributed by atoms with Gasteiger partial charge in [-0.1, -0.05) is 42.5 Å². The SMILES string of the molecule is CSCCc1ccc2ccccc2c1. The molecule has 0 spiro atoms. The van der Waals surface area contributed by atoms with Crippen LogP contribution in [-0.2, 0) is 6.42 Å². The zero-order valence-corrected chi connectivity index (χ0v) is 9.18. The molecule has 2 rings (SSSR count). The average molecular weight is 202 g/mol. The molecule has 0 aliphatic rings. The summed E-state index contributed by atoms with van der Waals surface area (Å²) in [4.78, 5) is 0. The Bertz CT molecular complexity index is 420. The van der Waals surface area contributed by atoms with Crippen molar-refractivity contribution in [1.29, 1.82) is 0 Å². The van der Waals surface area contributed by atoms with E-state index in [9.17, 15) is 0 Å². The predicted octanol–water partition coefficient (Wildman–Crippen LogP) is 3.75. The lowest BCUT2D eigenvalue weighted by atomic mass is 10.1. The summed E-state index contributed by atoms with van der Waals surface area (Å²) in [5, 5.41) is 2.69. The molecule has 0 saturated carbocycles. The summed E-state index contributed by atoms with van der Waals surface area (Å²) >= 11 is 1.90. The minimum Gasteiger partial charge on any atom is -0.165 e. The Morgan fingerprint density at radius 2 is 1.79 bits per heavy atom. The van der Waals surface area contributed by atoms with E-state index >= 15 is 0 Å². The van der Waals surface area contributed by atoms with Crippen LogP contribution in [0.1, 0.15) is 5.56 Å². The minimum absolute atomic E-state index is 1.17. The highest BCUT2D eigenvalue weighted by molar-refractivity contribution is 7.98. The van der Waals surface area contributed by atoms with Crippen molar-refractivity contribution in [2.45, 2.75) is 6.42 Å². The third kappa shape index (κ3) is 2.10. The first-order valence-electron chi connectivity index (χ1n) is 4.87. The van der Waals surface area contributed by atoms with Crippen molar-refractivity contribution < 1.29 is 0 Å². The summed E-state index contributed by atoms with van der Waals surface area (Å²) < 4.78 is 0. The van der Waals surface area contributed by atoms with E-state index in [1.807, 2.05) is 11.8 Å². The van der Waals surface area contributed by atoms with Crippen LogP contribution in [0, 0.1) is 0 Å². The second-order valence-corrected chi connectivity index (χ2v) is 4.41. The van der Waals surface area contributed by atoms with E-state index < -0.39 is 0 Å². The minimum atomic E-state index is 1.17. The van der Waals surface area contributed by atoms with Crippen molar-refractivity contribution >= 4 is 22.5 Å². The Morgan fingerprint density at radius 1 is 1.00 bits per heavy atom. The molecule has 0 atom stereocenters. The van der Waals surface area contributed by atoms with Gasteiger partial charge in [0.05, 0.1) is 0 Å². The molecule has 0 saturated heterocycles. The smallest absolute Gasteiger partial charge is 0.00298 e. The van der Waals surface area contributed by atoms with E-state index in [-0.39, 0.29) is 0 Å². The fraction of sp³-hybridized carbons (Fsp3) is 0.231. The summed E-state index contributed by atoms with van der Waals surface area (Å²) in [6, 6.07) is 15.3. The van der Waals surface area contributed by atoms with Crippen LogP contribution in [0.2, 0.25) is 0 Å². The fourth-order valence-corrected chi connectivity index (χ4v) is 2.05. The van der Waals surface area contributed by atoms with Gasteiger partial charge in [0.1, 0.15) is 0 Å². The average Bonchev–Trinajstić information content (AvgIpc) is 2.26. The molecule has 1 heteroatoms. The number of rotatable bonds is 3. The van der Waals surface area contributed by atoms with Crippen molar-refractivity contribution in [3.63, 3.8) is 0 Å². The van der Waals surface area contributed by atoms with E-state index in [0.717, 1.165) is 0 Å². The van der Waals surface area contributed by atoms with Crippen LogP contribution in [-0.4, -0.2) is 12.0 Å². The molecule has 72 valence electrons. The normalized spacial score (nSPS) is 10.6. The maximum Gasteiger partial charge on any atom is -0.00298 e. The van der Waals surface area contributed by atoms with Crippen molar-refractivity contribution in [2.24, 2.45) is 0 Å². The van der Waals surface area contributed by atoms with Crippen LogP contribution in [0.3, 0.4) is 0 Å². The third-order valence-corrected chi connectivity index (χ3v) is 3.02. The second-order valence-electron chi connectivity index (χ2n) is 3.42. The molecular weight excluding hydrogens is 188 g/mol. The van der Waals surface area contributed by atoms with E-state index in [4.69, 9.17) is 0 Å². The summed E-state index contributed by atoms with van der Waals surface area (Å²) in [6.07, 6.45) is 3.33. The van der Waals surface area contributed by atoms with Crippen molar-refractivity contribution in [1.82, 2.24) is 0 Å². The summed E-state index contributed by atoms with van der Waals surface area (Å²) in [6.45, 7) is 0. The first kappa shape index (κ1) is 9.60. The molecule has 0 aliphatic carbocycles. The van der Waals surface area contributed by atoms with Gasteiger partial charge in [-0.2, -0.15) is 11.8 Å². The van der Waals surface area contributed by atoms with Crippen LogP contribution in [0.25, 0.3) is 10.8 Å². The molecule has 2 aromatic carbocycles. The lowest BCUT2D eigenvalue weighted by Crippen LogP contribution is -1.87. The number of hydrogen-bond acceptors (Lipinski definition) is 1. The van der Waals surface area contributed by atoms with Crippen molar-refractivity contribution in [3.8, 4) is 0 Å². The molecule has 0 nitrogen and oxygen atoms in total. The monoisotopic (exact) mass is 202 g/mol. The van der Waals surface area contributed by atoms with Crippen molar-refractivity contribution in [2.75, 3.05) is 12.0 Å². The standard InChI is InChI=1S/C13H14S/c1-14-9-8-11-6-7-12-4-2-3-5-13(12)10-11/h2-7,10H,8-9H2,1H3. The highest BCUT2D eigenvalue weighted by Gasteiger charge is 1.95. The molecule has 0 aliphatic heterocycles. The van der Waals surface area contributed by atoms with E-state index in [1.54, 1.807) is 0 Å². The number of aryl methyl sites for hydroxylation is 1. The van der Waals surface area contributed by atoms with Crippen LogP contribution in [0.5, 0.6) is 0 Å². The third-order valence-electron chi connectivity index (χ3n) is 2.41. The van der Waals surface area contributed by atoms with Gasteiger partial charge < -0.3 is 0 Å². The number of thioether (sulfide) groups is 1. The molecule has 0 aromatic heterocycles. The molecule has 0 heterocycles. The first-order valence-corrected chi connectivity index (χ1v) is 6.26. The molecule has 2 aromatic rings. The Hall–Kier alpha value is -0.950. The van der Waals surface area contributed by atoms with Crippen LogP contribution in [0.15, 0.2) is 42.5 Å². The maximum absolute atomic E-state index is 2.30. The predicted molar refractivity (Wildman–Crippen MR) is 66.0 cm³/mol. The van der Waals surface area contributed by atoms with Crippen LogP contribution >= 0.6 is 11.8 Å². The zero-order chi connectivity index (χ0) is 9.80. The highest BCUT2D eigenvalue weighted by Crippen LogP contribution is 2.16. The lowest BCUT2D eigenvalue weighted by Gasteiger charge is -2.02. The Labute approximate surface area is 89.3 Å².